The lowest BCUT2D eigenvalue weighted by atomic mass is 9.82. The molecular weight excluding hydrogens is 330 g/mol. The molecule has 0 atom stereocenters. The molecule has 0 unspecified atom stereocenters. The first-order valence-electron chi connectivity index (χ1n) is 8.63. The van der Waals surface area contributed by atoms with Crippen molar-refractivity contribution in [1.82, 2.24) is 4.90 Å². The minimum Gasteiger partial charge on any atom is -0.395 e. The highest BCUT2D eigenvalue weighted by Crippen LogP contribution is 2.35. The third kappa shape index (κ3) is 3.34. The maximum absolute atomic E-state index is 13.1. The van der Waals surface area contributed by atoms with Crippen LogP contribution in [0.2, 0.25) is 0 Å². The fraction of sp³-hybridized carbons (Fsp3) is 0.300. The van der Waals surface area contributed by atoms with Crippen LogP contribution < -0.4 is 10.6 Å². The van der Waals surface area contributed by atoms with Crippen molar-refractivity contribution in [3.8, 4) is 0 Å². The van der Waals surface area contributed by atoms with E-state index in [4.69, 9.17) is 5.11 Å². The van der Waals surface area contributed by atoms with Gasteiger partial charge in [0.15, 0.2) is 11.6 Å². The minimum absolute atomic E-state index is 0.0532. The summed E-state index contributed by atoms with van der Waals surface area (Å²) in [4.78, 5) is 28.2. The summed E-state index contributed by atoms with van der Waals surface area (Å²) >= 11 is 0. The van der Waals surface area contributed by atoms with Gasteiger partial charge in [0.2, 0.25) is 0 Å². The van der Waals surface area contributed by atoms with Crippen LogP contribution in [-0.2, 0) is 0 Å². The van der Waals surface area contributed by atoms with Crippen molar-refractivity contribution in [3.63, 3.8) is 0 Å². The molecule has 136 valence electrons. The molecule has 2 aromatic rings. The second-order valence-corrected chi connectivity index (χ2v) is 6.49. The molecule has 0 aromatic heterocycles. The molecule has 0 amide bonds. The number of benzene rings is 2. The van der Waals surface area contributed by atoms with Gasteiger partial charge in [0, 0.05) is 42.1 Å². The zero-order chi connectivity index (χ0) is 18.7. The van der Waals surface area contributed by atoms with E-state index in [-0.39, 0.29) is 18.2 Å². The van der Waals surface area contributed by atoms with Gasteiger partial charge < -0.3 is 20.6 Å². The molecule has 1 aliphatic carbocycles. The number of carbonyl (C=O) groups is 2. The highest BCUT2D eigenvalue weighted by Gasteiger charge is 2.33. The molecule has 6 heteroatoms. The largest absolute Gasteiger partial charge is 0.395 e. The Morgan fingerprint density at radius 2 is 1.35 bits per heavy atom. The molecule has 0 saturated carbocycles. The van der Waals surface area contributed by atoms with E-state index in [0.29, 0.717) is 46.7 Å². The number of aliphatic hydroxyl groups excluding tert-OH is 1. The van der Waals surface area contributed by atoms with Gasteiger partial charge in [0.1, 0.15) is 0 Å². The van der Waals surface area contributed by atoms with Crippen molar-refractivity contribution in [3.05, 3.63) is 58.7 Å². The van der Waals surface area contributed by atoms with E-state index in [9.17, 15) is 9.59 Å². The number of nitrogens with zero attached hydrogens (tertiary/aromatic N) is 1. The molecule has 6 nitrogen and oxygen atoms in total. The van der Waals surface area contributed by atoms with Crippen molar-refractivity contribution in [2.75, 3.05) is 51.0 Å². The molecule has 1 aliphatic rings. The average molecular weight is 353 g/mol. The summed E-state index contributed by atoms with van der Waals surface area (Å²) in [6.45, 7) is 1.76. The topological polar surface area (TPSA) is 81.7 Å². The van der Waals surface area contributed by atoms with Crippen LogP contribution in [0, 0.1) is 0 Å². The van der Waals surface area contributed by atoms with Crippen LogP contribution in [0.3, 0.4) is 0 Å². The van der Waals surface area contributed by atoms with Crippen LogP contribution in [0.4, 0.5) is 11.4 Å². The van der Waals surface area contributed by atoms with Crippen LogP contribution in [0.1, 0.15) is 31.8 Å². The first-order chi connectivity index (χ1) is 12.5. The van der Waals surface area contributed by atoms with E-state index in [1.165, 1.54) is 0 Å². The third-order valence-electron chi connectivity index (χ3n) is 4.37. The van der Waals surface area contributed by atoms with Crippen molar-refractivity contribution < 1.29 is 14.7 Å². The van der Waals surface area contributed by atoms with Crippen LogP contribution in [0.15, 0.2) is 36.4 Å². The number of nitrogens with one attached hydrogen (secondary N) is 2. The standard InChI is InChI=1S/C20H23N3O3/c1-23(2)11-9-21-15-7-3-5-13-17(15)19(25)14-6-4-8-16(22-10-12-24)18(14)20(13)26/h3-8,21-22,24H,9-12H2,1-2H3. The lowest BCUT2D eigenvalue weighted by Crippen LogP contribution is -2.26. The van der Waals surface area contributed by atoms with E-state index in [1.54, 1.807) is 30.3 Å². The number of rotatable bonds is 7. The van der Waals surface area contributed by atoms with Crippen molar-refractivity contribution in [2.24, 2.45) is 0 Å². The number of aliphatic hydroxyl groups is 1. The fourth-order valence-electron chi connectivity index (χ4n) is 3.14. The number of anilines is 2. The Kier molecular flexibility index (Phi) is 5.35. The highest BCUT2D eigenvalue weighted by atomic mass is 16.3. The molecule has 0 radical (unpaired) electrons. The molecule has 3 N–H and O–H groups in total. The number of likely N-dealkylation sites (N-methyl/N-ethyl adjacent to an activating group) is 1. The number of hydrogen-bond acceptors (Lipinski definition) is 6. The second kappa shape index (κ2) is 7.68. The summed E-state index contributed by atoms with van der Waals surface area (Å²) in [6, 6.07) is 10.5. The van der Waals surface area contributed by atoms with E-state index in [0.717, 1.165) is 6.54 Å². The average Bonchev–Trinajstić information content (AvgIpc) is 2.63. The van der Waals surface area contributed by atoms with Gasteiger partial charge in [0.05, 0.1) is 17.7 Å². The maximum atomic E-state index is 13.1. The Morgan fingerprint density at radius 1 is 0.846 bits per heavy atom. The third-order valence-corrected chi connectivity index (χ3v) is 4.37. The highest BCUT2D eigenvalue weighted by molar-refractivity contribution is 6.31. The zero-order valence-corrected chi connectivity index (χ0v) is 15.0. The Hall–Kier alpha value is -2.70. The smallest absolute Gasteiger partial charge is 0.196 e. The van der Waals surface area contributed by atoms with E-state index >= 15 is 0 Å². The molecule has 0 aliphatic heterocycles. The summed E-state index contributed by atoms with van der Waals surface area (Å²) in [6.07, 6.45) is 0. The fourth-order valence-corrected chi connectivity index (χ4v) is 3.14. The Labute approximate surface area is 152 Å². The van der Waals surface area contributed by atoms with Crippen LogP contribution in [0.5, 0.6) is 0 Å². The molecule has 2 aromatic carbocycles. The van der Waals surface area contributed by atoms with Gasteiger partial charge in [-0.3, -0.25) is 9.59 Å². The maximum Gasteiger partial charge on any atom is 0.196 e. The Morgan fingerprint density at radius 3 is 1.81 bits per heavy atom. The Balaban J connectivity index is 2.01. The molecule has 3 rings (SSSR count). The number of fused-ring (bicyclic) bond motifs is 2. The lowest BCUT2D eigenvalue weighted by Gasteiger charge is -2.23. The van der Waals surface area contributed by atoms with Crippen LogP contribution >= 0.6 is 0 Å². The van der Waals surface area contributed by atoms with Crippen LogP contribution in [-0.4, -0.2) is 61.9 Å². The minimum atomic E-state index is -0.174. The molecule has 0 heterocycles. The normalized spacial score (nSPS) is 12.8. The predicted molar refractivity (Wildman–Crippen MR) is 102 cm³/mol. The second-order valence-electron chi connectivity index (χ2n) is 6.49. The van der Waals surface area contributed by atoms with Gasteiger partial charge in [-0.2, -0.15) is 0 Å². The van der Waals surface area contributed by atoms with E-state index in [1.807, 2.05) is 25.1 Å². The SMILES string of the molecule is CN(C)CCNc1cccc2c1C(=O)c1cccc(NCCO)c1C2=O. The van der Waals surface area contributed by atoms with E-state index < -0.39 is 0 Å². The molecule has 0 saturated heterocycles. The van der Waals surface area contributed by atoms with Gasteiger partial charge in [-0.15, -0.1) is 0 Å². The lowest BCUT2D eigenvalue weighted by molar-refractivity contribution is 0.0980. The summed E-state index contributed by atoms with van der Waals surface area (Å²) in [5, 5.41) is 15.3. The number of ketones is 2. The monoisotopic (exact) mass is 353 g/mol. The summed E-state index contributed by atoms with van der Waals surface area (Å²) in [5.74, 6) is -0.331. The first-order valence-corrected chi connectivity index (χ1v) is 8.63. The molecule has 0 fully saturated rings. The number of carbonyl (C=O) groups excluding carboxylic acids is 2. The zero-order valence-electron chi connectivity index (χ0n) is 15.0. The van der Waals surface area contributed by atoms with Gasteiger partial charge in [-0.1, -0.05) is 24.3 Å². The first kappa shape index (κ1) is 18.1. The van der Waals surface area contributed by atoms with Gasteiger partial charge >= 0.3 is 0 Å². The summed E-state index contributed by atoms with van der Waals surface area (Å²) in [5.41, 5.74) is 2.88. The quantitative estimate of drug-likeness (QED) is 0.601. The molecular formula is C20H23N3O3. The van der Waals surface area contributed by atoms with Crippen molar-refractivity contribution >= 4 is 22.9 Å². The molecule has 0 spiro atoms. The molecule has 26 heavy (non-hydrogen) atoms. The summed E-state index contributed by atoms with van der Waals surface area (Å²) < 4.78 is 0. The van der Waals surface area contributed by atoms with Crippen LogP contribution in [0.25, 0.3) is 0 Å². The van der Waals surface area contributed by atoms with Gasteiger partial charge in [0.25, 0.3) is 0 Å². The van der Waals surface area contributed by atoms with Gasteiger partial charge in [-0.05, 0) is 26.2 Å². The van der Waals surface area contributed by atoms with Gasteiger partial charge in [-0.25, -0.2) is 0 Å². The summed E-state index contributed by atoms with van der Waals surface area (Å²) in [7, 11) is 3.96. The molecule has 0 bridgehead atoms. The van der Waals surface area contributed by atoms with E-state index in [2.05, 4.69) is 10.6 Å². The van der Waals surface area contributed by atoms with Crippen molar-refractivity contribution in [1.29, 1.82) is 0 Å². The number of hydrogen-bond donors (Lipinski definition) is 3. The Bertz CT molecular complexity index is 846. The van der Waals surface area contributed by atoms with Crippen molar-refractivity contribution in [2.45, 2.75) is 0 Å². The predicted octanol–water partition coefficient (Wildman–Crippen LogP) is 1.84.